The van der Waals surface area contributed by atoms with Crippen molar-refractivity contribution in [2.75, 3.05) is 13.2 Å². The molecule has 102 valence electrons. The number of fused-ring (bicyclic) bond motifs is 1. The number of amides is 1. The molecule has 1 unspecified atom stereocenters. The molecule has 2 aliphatic rings. The first-order valence-corrected chi connectivity index (χ1v) is 7.48. The minimum absolute atomic E-state index is 0.0267. The van der Waals surface area contributed by atoms with E-state index in [1.54, 1.807) is 0 Å². The van der Waals surface area contributed by atoms with Crippen LogP contribution in [0.25, 0.3) is 0 Å². The Hall–Kier alpha value is -1.07. The number of hydrogen-bond acceptors (Lipinski definition) is 3. The summed E-state index contributed by atoms with van der Waals surface area (Å²) in [6, 6.07) is 4.08. The van der Waals surface area contributed by atoms with Crippen molar-refractivity contribution in [3.8, 4) is 5.75 Å². The lowest BCUT2D eigenvalue weighted by Crippen LogP contribution is -2.40. The second kappa shape index (κ2) is 5.51. The summed E-state index contributed by atoms with van der Waals surface area (Å²) < 4.78 is 6.70. The standard InChI is InChI=1S/C14H17BrN2O2/c15-11-6-9-3-5-19-13(9)10(7-11)8-17-14(18)12-2-1-4-16-12/h6-7,12,16H,1-5,8H2,(H,17,18). The summed E-state index contributed by atoms with van der Waals surface area (Å²) >= 11 is 3.51. The molecular formula is C14H17BrN2O2. The SMILES string of the molecule is O=C(NCc1cc(Br)cc2c1OCC2)C1CCCN1. The fraction of sp³-hybridized carbons (Fsp3) is 0.500. The first kappa shape index (κ1) is 12.9. The van der Waals surface area contributed by atoms with Crippen LogP contribution in [0.1, 0.15) is 24.0 Å². The lowest BCUT2D eigenvalue weighted by atomic mass is 10.1. The van der Waals surface area contributed by atoms with Crippen LogP contribution < -0.4 is 15.4 Å². The molecule has 1 aromatic carbocycles. The van der Waals surface area contributed by atoms with Crippen molar-refractivity contribution in [1.29, 1.82) is 0 Å². The van der Waals surface area contributed by atoms with E-state index in [0.29, 0.717) is 6.54 Å². The molecule has 19 heavy (non-hydrogen) atoms. The molecule has 0 bridgehead atoms. The van der Waals surface area contributed by atoms with Gasteiger partial charge in [-0.1, -0.05) is 15.9 Å². The van der Waals surface area contributed by atoms with Gasteiger partial charge in [-0.2, -0.15) is 0 Å². The molecule has 0 aliphatic carbocycles. The van der Waals surface area contributed by atoms with Crippen LogP contribution >= 0.6 is 15.9 Å². The van der Waals surface area contributed by atoms with E-state index in [1.807, 2.05) is 6.07 Å². The molecule has 2 aliphatic heterocycles. The quantitative estimate of drug-likeness (QED) is 0.890. The maximum absolute atomic E-state index is 12.0. The van der Waals surface area contributed by atoms with Crippen molar-refractivity contribution in [2.45, 2.75) is 31.8 Å². The van der Waals surface area contributed by atoms with Crippen LogP contribution in [0.2, 0.25) is 0 Å². The molecule has 0 radical (unpaired) electrons. The summed E-state index contributed by atoms with van der Waals surface area (Å²) in [5, 5.41) is 6.20. The Morgan fingerprint density at radius 3 is 3.21 bits per heavy atom. The molecule has 3 rings (SSSR count). The van der Waals surface area contributed by atoms with Crippen LogP contribution in [0, 0.1) is 0 Å². The zero-order valence-corrected chi connectivity index (χ0v) is 12.3. The van der Waals surface area contributed by atoms with Crippen LogP contribution in [-0.2, 0) is 17.8 Å². The lowest BCUT2D eigenvalue weighted by molar-refractivity contribution is -0.122. The highest BCUT2D eigenvalue weighted by Gasteiger charge is 2.23. The molecule has 1 saturated heterocycles. The molecule has 1 fully saturated rings. The average Bonchev–Trinajstić information content (AvgIpc) is 3.05. The number of nitrogens with one attached hydrogen (secondary N) is 2. The van der Waals surface area contributed by atoms with Gasteiger partial charge in [-0.05, 0) is 37.1 Å². The van der Waals surface area contributed by atoms with Gasteiger partial charge in [0.15, 0.2) is 0 Å². The number of ether oxygens (including phenoxy) is 1. The summed E-state index contributed by atoms with van der Waals surface area (Å²) in [6.45, 7) is 2.20. The van der Waals surface area contributed by atoms with Gasteiger partial charge in [0.1, 0.15) is 5.75 Å². The third-order valence-corrected chi connectivity index (χ3v) is 4.11. The number of hydrogen-bond donors (Lipinski definition) is 2. The van der Waals surface area contributed by atoms with Gasteiger partial charge < -0.3 is 15.4 Å². The zero-order valence-electron chi connectivity index (χ0n) is 10.7. The predicted octanol–water partition coefficient (Wildman–Crippen LogP) is 1.75. The van der Waals surface area contributed by atoms with Gasteiger partial charge in [0, 0.05) is 23.0 Å². The Bertz CT molecular complexity index is 498. The van der Waals surface area contributed by atoms with Gasteiger partial charge in [-0.3, -0.25) is 4.79 Å². The van der Waals surface area contributed by atoms with Gasteiger partial charge in [0.25, 0.3) is 0 Å². The molecule has 0 saturated carbocycles. The van der Waals surface area contributed by atoms with Crippen molar-refractivity contribution in [2.24, 2.45) is 0 Å². The molecule has 1 aromatic rings. The molecule has 5 heteroatoms. The van der Waals surface area contributed by atoms with Crippen LogP contribution in [0.15, 0.2) is 16.6 Å². The molecule has 0 spiro atoms. The third kappa shape index (κ3) is 2.77. The first-order valence-electron chi connectivity index (χ1n) is 6.69. The summed E-state index contributed by atoms with van der Waals surface area (Å²) in [5.74, 6) is 1.03. The Morgan fingerprint density at radius 1 is 1.53 bits per heavy atom. The van der Waals surface area contributed by atoms with Crippen LogP contribution in [0.4, 0.5) is 0 Å². The van der Waals surface area contributed by atoms with Gasteiger partial charge in [-0.15, -0.1) is 0 Å². The van der Waals surface area contributed by atoms with Crippen molar-refractivity contribution in [1.82, 2.24) is 10.6 Å². The van der Waals surface area contributed by atoms with E-state index in [9.17, 15) is 4.79 Å². The topological polar surface area (TPSA) is 50.4 Å². The number of benzene rings is 1. The lowest BCUT2D eigenvalue weighted by Gasteiger charge is -2.13. The van der Waals surface area contributed by atoms with E-state index in [0.717, 1.165) is 48.2 Å². The van der Waals surface area contributed by atoms with E-state index in [-0.39, 0.29) is 11.9 Å². The van der Waals surface area contributed by atoms with E-state index in [2.05, 4.69) is 32.6 Å². The normalized spacial score (nSPS) is 21.0. The van der Waals surface area contributed by atoms with Crippen LogP contribution in [0.5, 0.6) is 5.75 Å². The van der Waals surface area contributed by atoms with E-state index in [1.165, 1.54) is 5.56 Å². The second-order valence-electron chi connectivity index (χ2n) is 5.02. The van der Waals surface area contributed by atoms with Gasteiger partial charge >= 0.3 is 0 Å². The number of carbonyl (C=O) groups is 1. The Morgan fingerprint density at radius 2 is 2.42 bits per heavy atom. The summed E-state index contributed by atoms with van der Waals surface area (Å²) in [7, 11) is 0. The smallest absolute Gasteiger partial charge is 0.237 e. The largest absolute Gasteiger partial charge is 0.493 e. The number of carbonyl (C=O) groups excluding carboxylic acids is 1. The molecule has 1 atom stereocenters. The second-order valence-corrected chi connectivity index (χ2v) is 5.93. The third-order valence-electron chi connectivity index (χ3n) is 3.66. The zero-order chi connectivity index (χ0) is 13.2. The van der Waals surface area contributed by atoms with E-state index < -0.39 is 0 Å². The molecule has 0 aromatic heterocycles. The molecule has 1 amide bonds. The summed E-state index contributed by atoms with van der Waals surface area (Å²) in [6.07, 6.45) is 2.95. The highest BCUT2D eigenvalue weighted by atomic mass is 79.9. The molecule has 4 nitrogen and oxygen atoms in total. The van der Waals surface area contributed by atoms with Crippen molar-refractivity contribution in [3.05, 3.63) is 27.7 Å². The van der Waals surface area contributed by atoms with E-state index in [4.69, 9.17) is 4.74 Å². The Labute approximate surface area is 121 Å². The molecule has 2 N–H and O–H groups in total. The highest BCUT2D eigenvalue weighted by molar-refractivity contribution is 9.10. The fourth-order valence-electron chi connectivity index (χ4n) is 2.69. The minimum Gasteiger partial charge on any atom is -0.493 e. The summed E-state index contributed by atoms with van der Waals surface area (Å²) in [5.41, 5.74) is 2.27. The maximum atomic E-state index is 12.0. The number of rotatable bonds is 3. The van der Waals surface area contributed by atoms with Crippen LogP contribution in [-0.4, -0.2) is 25.1 Å². The first-order chi connectivity index (χ1) is 9.24. The predicted molar refractivity (Wildman–Crippen MR) is 76.2 cm³/mol. The van der Waals surface area contributed by atoms with E-state index >= 15 is 0 Å². The van der Waals surface area contributed by atoms with Gasteiger partial charge in [0.2, 0.25) is 5.91 Å². The maximum Gasteiger partial charge on any atom is 0.237 e. The average molecular weight is 325 g/mol. The summed E-state index contributed by atoms with van der Waals surface area (Å²) in [4.78, 5) is 12.0. The molecular weight excluding hydrogens is 308 g/mol. The van der Waals surface area contributed by atoms with Crippen molar-refractivity contribution < 1.29 is 9.53 Å². The van der Waals surface area contributed by atoms with Gasteiger partial charge in [0.05, 0.1) is 12.6 Å². The number of halogens is 1. The Balaban J connectivity index is 1.68. The van der Waals surface area contributed by atoms with Gasteiger partial charge in [-0.25, -0.2) is 0 Å². The monoisotopic (exact) mass is 324 g/mol. The minimum atomic E-state index is -0.0267. The Kier molecular flexibility index (Phi) is 3.75. The van der Waals surface area contributed by atoms with Crippen LogP contribution in [0.3, 0.4) is 0 Å². The highest BCUT2D eigenvalue weighted by Crippen LogP contribution is 2.32. The van der Waals surface area contributed by atoms with Crippen molar-refractivity contribution >= 4 is 21.8 Å². The molecule has 2 heterocycles. The van der Waals surface area contributed by atoms with Crippen molar-refractivity contribution in [3.63, 3.8) is 0 Å². The fourth-order valence-corrected chi connectivity index (χ4v) is 3.24.